The molecule has 40 heavy (non-hydrogen) atoms. The second kappa shape index (κ2) is 11.0. The van der Waals surface area contributed by atoms with Gasteiger partial charge in [-0.1, -0.05) is 18.3 Å². The number of amides is 1. The van der Waals surface area contributed by atoms with Crippen molar-refractivity contribution in [1.29, 1.82) is 0 Å². The quantitative estimate of drug-likeness (QED) is 0.328. The lowest BCUT2D eigenvalue weighted by Crippen LogP contribution is -2.59. The Morgan fingerprint density at radius 1 is 1.23 bits per heavy atom. The summed E-state index contributed by atoms with van der Waals surface area (Å²) in [6.07, 6.45) is 3.87. The van der Waals surface area contributed by atoms with Crippen LogP contribution in [0.5, 0.6) is 5.75 Å². The molecule has 2 atom stereocenters. The van der Waals surface area contributed by atoms with Crippen molar-refractivity contribution in [3.05, 3.63) is 68.4 Å². The van der Waals surface area contributed by atoms with Gasteiger partial charge in [-0.2, -0.15) is 10.2 Å². The SMILES string of the molecule is CCCO[C@@H](Cn1c(=O)n([C@@]2(C)CCCNC2=O)c(=O)c2c(C)c(-n3nccn3)sc21)c1cc(F)ccc1OC. The van der Waals surface area contributed by atoms with E-state index >= 15 is 0 Å². The third kappa shape index (κ3) is 4.62. The summed E-state index contributed by atoms with van der Waals surface area (Å²) in [4.78, 5) is 43.2. The standard InChI is InChI=1S/C27H31FN6O5S/c1-5-13-39-20(18-14-17(28)7-8-19(18)38-4)15-32-24-21(16(2)23(40-24)34-30-11-12-31-34)22(35)33(26(32)37)27(3)9-6-10-29-25(27)36/h7-8,11-12,14,20H,5-6,9-10,13,15H2,1-4H3,(H,29,36)/t20-,27-/m0/s1. The smallest absolute Gasteiger partial charge is 0.333 e. The first-order valence-corrected chi connectivity index (χ1v) is 13.9. The minimum absolute atomic E-state index is 0.0565. The summed E-state index contributed by atoms with van der Waals surface area (Å²) in [5.41, 5.74) is -1.59. The Labute approximate surface area is 233 Å². The number of nitrogens with one attached hydrogen (secondary N) is 1. The Morgan fingerprint density at radius 3 is 2.65 bits per heavy atom. The van der Waals surface area contributed by atoms with Gasteiger partial charge in [0.2, 0.25) is 5.91 Å². The van der Waals surface area contributed by atoms with Crippen LogP contribution in [0.15, 0.2) is 40.2 Å². The molecular weight excluding hydrogens is 539 g/mol. The first-order valence-electron chi connectivity index (χ1n) is 13.1. The number of carbonyl (C=O) groups is 1. The fourth-order valence-electron chi connectivity index (χ4n) is 5.22. The highest BCUT2D eigenvalue weighted by molar-refractivity contribution is 7.21. The van der Waals surface area contributed by atoms with E-state index in [9.17, 15) is 18.8 Å². The van der Waals surface area contributed by atoms with Crippen molar-refractivity contribution in [1.82, 2.24) is 29.4 Å². The number of fused-ring (bicyclic) bond motifs is 1. The Balaban J connectivity index is 1.80. The number of rotatable bonds is 9. The summed E-state index contributed by atoms with van der Waals surface area (Å²) >= 11 is 1.19. The van der Waals surface area contributed by atoms with Crippen LogP contribution in [0.2, 0.25) is 0 Å². The zero-order valence-electron chi connectivity index (χ0n) is 22.8. The molecule has 1 aliphatic rings. The van der Waals surface area contributed by atoms with E-state index in [0.29, 0.717) is 59.1 Å². The molecule has 0 unspecified atom stereocenters. The van der Waals surface area contributed by atoms with E-state index in [2.05, 4.69) is 15.5 Å². The number of piperidine rings is 1. The molecular formula is C27H31FN6O5S. The molecule has 5 rings (SSSR count). The molecule has 1 saturated heterocycles. The summed E-state index contributed by atoms with van der Waals surface area (Å²) in [6, 6.07) is 4.13. The van der Waals surface area contributed by atoms with Gasteiger partial charge in [-0.05, 0) is 51.3 Å². The number of thiophene rings is 1. The second-order valence-electron chi connectivity index (χ2n) is 9.94. The Morgan fingerprint density at radius 2 is 1.98 bits per heavy atom. The van der Waals surface area contributed by atoms with Gasteiger partial charge >= 0.3 is 5.69 Å². The maximum Gasteiger partial charge on any atom is 0.333 e. The molecule has 1 aliphatic heterocycles. The minimum Gasteiger partial charge on any atom is -0.496 e. The normalized spacial score (nSPS) is 18.2. The van der Waals surface area contributed by atoms with Gasteiger partial charge in [0.15, 0.2) is 0 Å². The van der Waals surface area contributed by atoms with E-state index in [1.165, 1.54) is 58.4 Å². The molecule has 212 valence electrons. The largest absolute Gasteiger partial charge is 0.496 e. The molecule has 1 fully saturated rings. The second-order valence-corrected chi connectivity index (χ2v) is 10.9. The maximum atomic E-state index is 14.4. The molecule has 1 N–H and O–H groups in total. The van der Waals surface area contributed by atoms with Crippen molar-refractivity contribution in [2.24, 2.45) is 0 Å². The molecule has 4 heterocycles. The van der Waals surface area contributed by atoms with Gasteiger partial charge in [0, 0.05) is 24.3 Å². The highest BCUT2D eigenvalue weighted by Crippen LogP contribution is 2.35. The number of benzene rings is 1. The van der Waals surface area contributed by atoms with Crippen LogP contribution >= 0.6 is 11.3 Å². The average molecular weight is 571 g/mol. The van der Waals surface area contributed by atoms with Crippen LogP contribution in [-0.2, 0) is 21.6 Å². The maximum absolute atomic E-state index is 14.4. The van der Waals surface area contributed by atoms with Crippen LogP contribution in [0.4, 0.5) is 4.39 Å². The molecule has 0 radical (unpaired) electrons. The highest BCUT2D eigenvalue weighted by atomic mass is 32.1. The van der Waals surface area contributed by atoms with Crippen molar-refractivity contribution in [2.45, 2.75) is 58.2 Å². The summed E-state index contributed by atoms with van der Waals surface area (Å²) in [5.74, 6) is -0.465. The summed E-state index contributed by atoms with van der Waals surface area (Å²) in [7, 11) is 1.48. The zero-order valence-corrected chi connectivity index (χ0v) is 23.6. The van der Waals surface area contributed by atoms with Gasteiger partial charge in [0.1, 0.15) is 33.0 Å². The van der Waals surface area contributed by atoms with Crippen molar-refractivity contribution < 1.29 is 18.7 Å². The van der Waals surface area contributed by atoms with Crippen molar-refractivity contribution in [3.63, 3.8) is 0 Å². The molecule has 13 heteroatoms. The number of ether oxygens (including phenoxy) is 2. The lowest BCUT2D eigenvalue weighted by molar-refractivity contribution is -0.131. The van der Waals surface area contributed by atoms with Crippen LogP contribution in [0.3, 0.4) is 0 Å². The Bertz CT molecular complexity index is 1680. The van der Waals surface area contributed by atoms with E-state index in [-0.39, 0.29) is 11.9 Å². The fourth-order valence-corrected chi connectivity index (χ4v) is 6.44. The highest BCUT2D eigenvalue weighted by Gasteiger charge is 2.41. The lowest BCUT2D eigenvalue weighted by Gasteiger charge is -2.34. The van der Waals surface area contributed by atoms with E-state index in [0.717, 1.165) is 4.57 Å². The molecule has 1 amide bonds. The predicted octanol–water partition coefficient (Wildman–Crippen LogP) is 3.05. The topological polar surface area (TPSA) is 122 Å². The fraction of sp³-hybridized carbons (Fsp3) is 0.444. The van der Waals surface area contributed by atoms with Crippen LogP contribution in [0.25, 0.3) is 15.2 Å². The number of methoxy groups -OCH3 is 1. The van der Waals surface area contributed by atoms with E-state index in [4.69, 9.17) is 9.47 Å². The van der Waals surface area contributed by atoms with Crippen molar-refractivity contribution >= 4 is 27.5 Å². The third-order valence-corrected chi connectivity index (χ3v) is 8.59. The molecule has 11 nitrogen and oxygen atoms in total. The predicted molar refractivity (Wildman–Crippen MR) is 148 cm³/mol. The van der Waals surface area contributed by atoms with E-state index in [1.54, 1.807) is 13.8 Å². The molecule has 4 aromatic rings. The summed E-state index contributed by atoms with van der Waals surface area (Å²) in [5, 5.41) is 12.1. The first kappa shape index (κ1) is 27.7. The molecule has 1 aromatic carbocycles. The number of hydrogen-bond acceptors (Lipinski definition) is 8. The Hall–Kier alpha value is -3.84. The number of aromatic nitrogens is 5. The number of halogens is 1. The molecule has 0 bridgehead atoms. The Kier molecular flexibility index (Phi) is 7.60. The van der Waals surface area contributed by atoms with Gasteiger partial charge in [-0.25, -0.2) is 13.8 Å². The zero-order chi connectivity index (χ0) is 28.6. The first-order chi connectivity index (χ1) is 19.2. The number of carbonyl (C=O) groups excluding carboxylic acids is 1. The summed E-state index contributed by atoms with van der Waals surface area (Å²) < 4.78 is 28.6. The van der Waals surface area contributed by atoms with Crippen LogP contribution in [0, 0.1) is 12.7 Å². The van der Waals surface area contributed by atoms with Gasteiger partial charge in [-0.3, -0.25) is 14.2 Å². The van der Waals surface area contributed by atoms with Crippen molar-refractivity contribution in [3.8, 4) is 10.8 Å². The van der Waals surface area contributed by atoms with Gasteiger partial charge in [0.05, 0.1) is 31.4 Å². The minimum atomic E-state index is -1.39. The number of nitrogens with zero attached hydrogens (tertiary/aromatic N) is 5. The third-order valence-electron chi connectivity index (χ3n) is 7.31. The van der Waals surface area contributed by atoms with Crippen LogP contribution in [-0.4, -0.2) is 50.3 Å². The number of aryl methyl sites for hydroxylation is 1. The number of hydrogen-bond donors (Lipinski definition) is 1. The lowest BCUT2D eigenvalue weighted by atomic mass is 9.91. The van der Waals surface area contributed by atoms with Crippen LogP contribution < -0.4 is 21.3 Å². The van der Waals surface area contributed by atoms with Gasteiger partial charge < -0.3 is 14.8 Å². The van der Waals surface area contributed by atoms with Gasteiger partial charge in [0.25, 0.3) is 5.56 Å². The summed E-state index contributed by atoms with van der Waals surface area (Å²) in [6.45, 7) is 6.07. The average Bonchev–Trinajstić information content (AvgIpc) is 3.58. The van der Waals surface area contributed by atoms with Crippen LogP contribution in [0.1, 0.15) is 50.3 Å². The van der Waals surface area contributed by atoms with E-state index < -0.39 is 34.6 Å². The molecule has 0 spiro atoms. The molecule has 0 saturated carbocycles. The molecule has 3 aromatic heterocycles. The monoisotopic (exact) mass is 570 g/mol. The van der Waals surface area contributed by atoms with Gasteiger partial charge in [-0.15, -0.1) is 4.80 Å². The van der Waals surface area contributed by atoms with E-state index in [1.807, 2.05) is 6.92 Å². The molecule has 0 aliphatic carbocycles. The van der Waals surface area contributed by atoms with Crippen molar-refractivity contribution in [2.75, 3.05) is 20.3 Å².